The van der Waals surface area contributed by atoms with Gasteiger partial charge >= 0.3 is 5.97 Å². The van der Waals surface area contributed by atoms with Gasteiger partial charge in [-0.3, -0.25) is 9.59 Å². The fraction of sp³-hybridized carbons (Fsp3) is 0.750. The number of ketones is 2. The van der Waals surface area contributed by atoms with Crippen molar-refractivity contribution in [1.82, 2.24) is 0 Å². The van der Waals surface area contributed by atoms with Gasteiger partial charge in [0.25, 0.3) is 0 Å². The molecule has 0 spiro atoms. The topological polar surface area (TPSA) is 73.0 Å². The first-order valence-electron chi connectivity index (χ1n) is 9.14. The van der Waals surface area contributed by atoms with Gasteiger partial charge in [0.2, 0.25) is 0 Å². The fourth-order valence-electron chi connectivity index (χ4n) is 4.33. The monoisotopic (exact) mass is 348 g/mol. The van der Waals surface area contributed by atoms with E-state index in [4.69, 9.17) is 9.47 Å². The number of hydrogen-bond donors (Lipinski definition) is 0. The molecule has 25 heavy (non-hydrogen) atoms. The lowest BCUT2D eigenvalue weighted by molar-refractivity contribution is -0.171. The smallest absolute Gasteiger partial charge is 0.341 e. The van der Waals surface area contributed by atoms with E-state index in [1.165, 1.54) is 0 Å². The second-order valence-electron chi connectivity index (χ2n) is 8.79. The van der Waals surface area contributed by atoms with Crippen LogP contribution in [0.4, 0.5) is 0 Å². The van der Waals surface area contributed by atoms with Crippen molar-refractivity contribution in [3.63, 3.8) is 0 Å². The summed E-state index contributed by atoms with van der Waals surface area (Å²) >= 11 is 0. The zero-order valence-corrected chi connectivity index (χ0v) is 16.0. The summed E-state index contributed by atoms with van der Waals surface area (Å²) in [5.74, 6) is -0.269. The van der Waals surface area contributed by atoms with Gasteiger partial charge in [0, 0.05) is 18.3 Å². The number of Topliss-reactive ketones (excluding diaryl/α,β-unsaturated/α-hetero) is 2. The lowest BCUT2D eigenvalue weighted by Gasteiger charge is -2.29. The summed E-state index contributed by atoms with van der Waals surface area (Å²) in [6.07, 6.45) is 1.45. The molecule has 2 fully saturated rings. The molecule has 5 nitrogen and oxygen atoms in total. The number of carbonyl (C=O) groups is 3. The maximum Gasteiger partial charge on any atom is 0.341 e. The minimum atomic E-state index is -1.16. The van der Waals surface area contributed by atoms with E-state index in [1.54, 1.807) is 13.8 Å². The van der Waals surface area contributed by atoms with Crippen molar-refractivity contribution in [2.24, 2.45) is 11.3 Å². The molecule has 0 aromatic carbocycles. The number of esters is 1. The molecule has 4 unspecified atom stereocenters. The molecule has 0 radical (unpaired) electrons. The number of fused-ring (bicyclic) bond motifs is 1. The van der Waals surface area contributed by atoms with Gasteiger partial charge < -0.3 is 9.47 Å². The molecular formula is C20H28O5. The first-order valence-corrected chi connectivity index (χ1v) is 9.14. The van der Waals surface area contributed by atoms with Crippen LogP contribution in [0.5, 0.6) is 0 Å². The van der Waals surface area contributed by atoms with Crippen LogP contribution in [0.2, 0.25) is 0 Å². The van der Waals surface area contributed by atoms with Crippen LogP contribution in [-0.4, -0.2) is 34.8 Å². The highest BCUT2D eigenvalue weighted by Crippen LogP contribution is 2.52. The zero-order chi connectivity index (χ0) is 18.8. The number of carbonyl (C=O) groups excluding carboxylic acids is 3. The molecule has 1 saturated heterocycles. The lowest BCUT2D eigenvalue weighted by Crippen LogP contribution is -2.44. The van der Waals surface area contributed by atoms with E-state index in [2.05, 4.69) is 0 Å². The molecule has 0 aromatic heterocycles. The Hall–Kier alpha value is -1.49. The second-order valence-corrected chi connectivity index (χ2v) is 8.79. The third-order valence-electron chi connectivity index (χ3n) is 6.34. The SMILES string of the molecule is CC(C)C1=C2CCC(C)(OC(=O)C3(C)OC3C)C(=O)CC2(C)CC1=O. The Morgan fingerprint density at radius 2 is 1.80 bits per heavy atom. The molecule has 4 atom stereocenters. The van der Waals surface area contributed by atoms with E-state index in [0.29, 0.717) is 19.3 Å². The van der Waals surface area contributed by atoms with E-state index >= 15 is 0 Å². The minimum absolute atomic E-state index is 0.104. The Balaban J connectivity index is 1.88. The van der Waals surface area contributed by atoms with Gasteiger partial charge in [0.15, 0.2) is 22.8 Å². The van der Waals surface area contributed by atoms with Crippen LogP contribution >= 0.6 is 0 Å². The normalized spacial score (nSPS) is 41.0. The van der Waals surface area contributed by atoms with E-state index < -0.39 is 22.6 Å². The van der Waals surface area contributed by atoms with Crippen LogP contribution in [0.15, 0.2) is 11.1 Å². The van der Waals surface area contributed by atoms with E-state index in [0.717, 1.165) is 11.1 Å². The van der Waals surface area contributed by atoms with Gasteiger partial charge in [-0.05, 0) is 45.1 Å². The van der Waals surface area contributed by atoms with Crippen LogP contribution in [0.1, 0.15) is 67.2 Å². The number of rotatable bonds is 3. The molecule has 138 valence electrons. The van der Waals surface area contributed by atoms with Gasteiger partial charge in [-0.15, -0.1) is 0 Å². The highest BCUT2D eigenvalue weighted by Gasteiger charge is 2.59. The van der Waals surface area contributed by atoms with Crippen molar-refractivity contribution in [2.75, 3.05) is 0 Å². The fourth-order valence-corrected chi connectivity index (χ4v) is 4.33. The van der Waals surface area contributed by atoms with Crippen LogP contribution in [0.3, 0.4) is 0 Å². The zero-order valence-electron chi connectivity index (χ0n) is 16.0. The molecule has 0 bridgehead atoms. The van der Waals surface area contributed by atoms with E-state index in [-0.39, 0.29) is 30.0 Å². The van der Waals surface area contributed by atoms with Crippen LogP contribution in [0.25, 0.3) is 0 Å². The second kappa shape index (κ2) is 5.50. The number of ether oxygens (including phenoxy) is 2. The molecule has 1 heterocycles. The summed E-state index contributed by atoms with van der Waals surface area (Å²) in [5.41, 5.74) is -0.573. The molecule has 0 amide bonds. The van der Waals surface area contributed by atoms with Gasteiger partial charge in [-0.2, -0.15) is 0 Å². The predicted molar refractivity (Wildman–Crippen MR) is 91.9 cm³/mol. The van der Waals surface area contributed by atoms with E-state index in [1.807, 2.05) is 27.7 Å². The summed E-state index contributed by atoms with van der Waals surface area (Å²) in [4.78, 5) is 37.9. The molecule has 0 N–H and O–H groups in total. The van der Waals surface area contributed by atoms with Crippen molar-refractivity contribution in [2.45, 2.75) is 84.5 Å². The third kappa shape index (κ3) is 2.77. The Morgan fingerprint density at radius 1 is 1.20 bits per heavy atom. The summed E-state index contributed by atoms with van der Waals surface area (Å²) in [5, 5.41) is 0. The van der Waals surface area contributed by atoms with Crippen molar-refractivity contribution >= 4 is 17.5 Å². The van der Waals surface area contributed by atoms with Crippen LogP contribution in [0, 0.1) is 11.3 Å². The molecule has 3 rings (SSSR count). The molecule has 2 aliphatic carbocycles. The van der Waals surface area contributed by atoms with Crippen LogP contribution < -0.4 is 0 Å². The maximum absolute atomic E-state index is 13.0. The van der Waals surface area contributed by atoms with Gasteiger partial charge in [-0.1, -0.05) is 26.3 Å². The van der Waals surface area contributed by atoms with Gasteiger partial charge in [-0.25, -0.2) is 4.79 Å². The lowest BCUT2D eigenvalue weighted by atomic mass is 9.78. The number of allylic oxidation sites excluding steroid dienone is 2. The Kier molecular flexibility index (Phi) is 4.03. The van der Waals surface area contributed by atoms with Crippen molar-refractivity contribution < 1.29 is 23.9 Å². The molecule has 1 saturated carbocycles. The third-order valence-corrected chi connectivity index (χ3v) is 6.34. The van der Waals surface area contributed by atoms with Crippen molar-refractivity contribution in [3.05, 3.63) is 11.1 Å². The minimum Gasteiger partial charge on any atom is -0.449 e. The van der Waals surface area contributed by atoms with Gasteiger partial charge in [0.1, 0.15) is 0 Å². The highest BCUT2D eigenvalue weighted by atomic mass is 16.7. The first-order chi connectivity index (χ1) is 11.4. The Labute approximate surface area is 149 Å². The largest absolute Gasteiger partial charge is 0.449 e. The summed E-state index contributed by atoms with van der Waals surface area (Å²) in [6, 6.07) is 0. The first kappa shape index (κ1) is 18.3. The maximum atomic E-state index is 13.0. The number of epoxide rings is 1. The average Bonchev–Trinajstić information content (AvgIpc) is 3.02. The highest BCUT2D eigenvalue weighted by molar-refractivity contribution is 6.02. The molecular weight excluding hydrogens is 320 g/mol. The average molecular weight is 348 g/mol. The van der Waals surface area contributed by atoms with E-state index in [9.17, 15) is 14.4 Å². The molecule has 5 heteroatoms. The van der Waals surface area contributed by atoms with Crippen molar-refractivity contribution in [1.29, 1.82) is 0 Å². The summed E-state index contributed by atoms with van der Waals surface area (Å²) in [6.45, 7) is 11.2. The van der Waals surface area contributed by atoms with Crippen molar-refractivity contribution in [3.8, 4) is 0 Å². The predicted octanol–water partition coefficient (Wildman–Crippen LogP) is 3.15. The molecule has 1 aliphatic heterocycles. The molecule has 0 aromatic rings. The Bertz CT molecular complexity index is 690. The molecule has 3 aliphatic rings. The number of hydrogen-bond acceptors (Lipinski definition) is 5. The van der Waals surface area contributed by atoms with Gasteiger partial charge in [0.05, 0.1) is 6.10 Å². The quantitative estimate of drug-likeness (QED) is 0.579. The Morgan fingerprint density at radius 3 is 2.32 bits per heavy atom. The summed E-state index contributed by atoms with van der Waals surface area (Å²) < 4.78 is 11.0. The van der Waals surface area contributed by atoms with Crippen LogP contribution in [-0.2, 0) is 23.9 Å². The summed E-state index contributed by atoms with van der Waals surface area (Å²) in [7, 11) is 0. The standard InChI is InChI=1S/C20H28O5/c1-11(2)16-13-7-8-19(5,25-17(23)20(6)12(3)24-20)15(22)10-18(13,4)9-14(16)21/h11-12H,7-10H2,1-6H3.